The first-order chi connectivity index (χ1) is 10.1. The number of carbonyl (C=O) groups is 2. The SMILES string of the molecule is O=C(O)CC(NC(=O)c1ccccn1)c1ccccc1Cl. The highest BCUT2D eigenvalue weighted by Crippen LogP contribution is 2.25. The number of aliphatic carboxylic acids is 1. The number of nitrogens with one attached hydrogen (secondary N) is 1. The molecule has 1 unspecified atom stereocenters. The molecule has 2 N–H and O–H groups in total. The fourth-order valence-corrected chi connectivity index (χ4v) is 2.17. The fraction of sp³-hybridized carbons (Fsp3) is 0.133. The molecule has 0 aliphatic carbocycles. The Labute approximate surface area is 126 Å². The van der Waals surface area contributed by atoms with Gasteiger partial charge in [0.25, 0.3) is 5.91 Å². The summed E-state index contributed by atoms with van der Waals surface area (Å²) >= 11 is 6.07. The highest BCUT2D eigenvalue weighted by atomic mass is 35.5. The van der Waals surface area contributed by atoms with Crippen molar-refractivity contribution in [2.75, 3.05) is 0 Å². The molecule has 0 saturated carbocycles. The third-order valence-electron chi connectivity index (χ3n) is 2.86. The van der Waals surface area contributed by atoms with Gasteiger partial charge in [-0.3, -0.25) is 14.6 Å². The summed E-state index contributed by atoms with van der Waals surface area (Å²) < 4.78 is 0. The summed E-state index contributed by atoms with van der Waals surface area (Å²) in [6.45, 7) is 0. The van der Waals surface area contributed by atoms with Crippen LogP contribution in [0.15, 0.2) is 48.7 Å². The number of carbonyl (C=O) groups excluding carboxylic acids is 1. The summed E-state index contributed by atoms with van der Waals surface area (Å²) in [4.78, 5) is 27.0. The van der Waals surface area contributed by atoms with Gasteiger partial charge in [-0.25, -0.2) is 0 Å². The smallest absolute Gasteiger partial charge is 0.305 e. The minimum atomic E-state index is -1.03. The van der Waals surface area contributed by atoms with Crippen molar-refractivity contribution in [1.82, 2.24) is 10.3 Å². The van der Waals surface area contributed by atoms with Gasteiger partial charge < -0.3 is 10.4 Å². The van der Waals surface area contributed by atoms with E-state index in [4.69, 9.17) is 16.7 Å². The second-order valence-electron chi connectivity index (χ2n) is 4.36. The van der Waals surface area contributed by atoms with Crippen LogP contribution < -0.4 is 5.32 Å². The van der Waals surface area contributed by atoms with Crippen LogP contribution in [0.5, 0.6) is 0 Å². The van der Waals surface area contributed by atoms with Crippen molar-refractivity contribution in [2.45, 2.75) is 12.5 Å². The molecule has 0 bridgehead atoms. The maximum atomic E-state index is 12.1. The van der Waals surface area contributed by atoms with Crippen molar-refractivity contribution >= 4 is 23.5 Å². The largest absolute Gasteiger partial charge is 0.481 e. The number of hydrogen-bond acceptors (Lipinski definition) is 3. The molecule has 0 aliphatic heterocycles. The summed E-state index contributed by atoms with van der Waals surface area (Å²) in [7, 11) is 0. The van der Waals surface area contributed by atoms with Crippen LogP contribution in [0.4, 0.5) is 0 Å². The number of benzene rings is 1. The van der Waals surface area contributed by atoms with Gasteiger partial charge in [0.1, 0.15) is 5.69 Å². The first kappa shape index (κ1) is 15.0. The molecule has 1 heterocycles. The molecule has 0 saturated heterocycles. The second-order valence-corrected chi connectivity index (χ2v) is 4.77. The van der Waals surface area contributed by atoms with E-state index in [1.54, 1.807) is 42.5 Å². The van der Waals surface area contributed by atoms with E-state index in [1.807, 2.05) is 0 Å². The van der Waals surface area contributed by atoms with Gasteiger partial charge in [-0.2, -0.15) is 0 Å². The predicted molar refractivity (Wildman–Crippen MR) is 78.1 cm³/mol. The number of nitrogens with zero attached hydrogens (tertiary/aromatic N) is 1. The Hall–Kier alpha value is -2.40. The average molecular weight is 305 g/mol. The van der Waals surface area contributed by atoms with E-state index in [-0.39, 0.29) is 12.1 Å². The molecule has 0 spiro atoms. The van der Waals surface area contributed by atoms with Crippen LogP contribution in [0.1, 0.15) is 28.5 Å². The Morgan fingerprint density at radius 3 is 2.52 bits per heavy atom. The van der Waals surface area contributed by atoms with E-state index in [0.717, 1.165) is 0 Å². The van der Waals surface area contributed by atoms with Crippen LogP contribution in [0, 0.1) is 0 Å². The minimum absolute atomic E-state index is 0.222. The first-order valence-electron chi connectivity index (χ1n) is 6.26. The van der Waals surface area contributed by atoms with Gasteiger partial charge in [-0.05, 0) is 23.8 Å². The highest BCUT2D eigenvalue weighted by molar-refractivity contribution is 6.31. The van der Waals surface area contributed by atoms with Crippen molar-refractivity contribution in [3.8, 4) is 0 Å². The molecule has 5 nitrogen and oxygen atoms in total. The van der Waals surface area contributed by atoms with Gasteiger partial charge in [0.2, 0.25) is 0 Å². The second kappa shape index (κ2) is 6.85. The van der Waals surface area contributed by atoms with Gasteiger partial charge in [0, 0.05) is 11.2 Å². The van der Waals surface area contributed by atoms with Crippen LogP contribution >= 0.6 is 11.6 Å². The standard InChI is InChI=1S/C15H13ClN2O3/c16-11-6-2-1-5-10(11)13(9-14(19)20)18-15(21)12-7-3-4-8-17-12/h1-8,13H,9H2,(H,18,21)(H,19,20). The summed E-state index contributed by atoms with van der Waals surface area (Å²) in [5, 5.41) is 12.1. The molecular weight excluding hydrogens is 292 g/mol. The van der Waals surface area contributed by atoms with Crippen molar-refractivity contribution in [3.63, 3.8) is 0 Å². The number of carboxylic acid groups (broad SMARTS) is 1. The van der Waals surface area contributed by atoms with Crippen molar-refractivity contribution in [3.05, 3.63) is 64.9 Å². The Morgan fingerprint density at radius 1 is 1.19 bits per heavy atom. The monoisotopic (exact) mass is 304 g/mol. The number of amides is 1. The van der Waals surface area contributed by atoms with Crippen molar-refractivity contribution < 1.29 is 14.7 Å². The maximum Gasteiger partial charge on any atom is 0.305 e. The van der Waals surface area contributed by atoms with E-state index >= 15 is 0 Å². The lowest BCUT2D eigenvalue weighted by Gasteiger charge is -2.18. The summed E-state index contributed by atoms with van der Waals surface area (Å²) in [6, 6.07) is 11.0. The third-order valence-corrected chi connectivity index (χ3v) is 3.21. The molecule has 1 aromatic heterocycles. The van der Waals surface area contributed by atoms with Crippen molar-refractivity contribution in [1.29, 1.82) is 0 Å². The fourth-order valence-electron chi connectivity index (χ4n) is 1.90. The summed E-state index contributed by atoms with van der Waals surface area (Å²) in [5.41, 5.74) is 0.783. The molecule has 21 heavy (non-hydrogen) atoms. The van der Waals surface area contributed by atoms with Gasteiger partial charge >= 0.3 is 5.97 Å². The Morgan fingerprint density at radius 2 is 1.90 bits per heavy atom. The number of carboxylic acids is 1. The van der Waals surface area contributed by atoms with Crippen LogP contribution in [0.25, 0.3) is 0 Å². The molecule has 1 aromatic carbocycles. The minimum Gasteiger partial charge on any atom is -0.481 e. The van der Waals surface area contributed by atoms with Gasteiger partial charge in [-0.15, -0.1) is 0 Å². The van der Waals surface area contributed by atoms with Gasteiger partial charge in [0.15, 0.2) is 0 Å². The first-order valence-corrected chi connectivity index (χ1v) is 6.64. The summed E-state index contributed by atoms with van der Waals surface area (Å²) in [5.74, 6) is -1.47. The van der Waals surface area contributed by atoms with E-state index in [1.165, 1.54) is 6.20 Å². The quantitative estimate of drug-likeness (QED) is 0.890. The molecule has 0 radical (unpaired) electrons. The number of hydrogen-bond donors (Lipinski definition) is 2. The summed E-state index contributed by atoms with van der Waals surface area (Å²) in [6.07, 6.45) is 1.24. The predicted octanol–water partition coefficient (Wildman–Crippen LogP) is 2.68. The lowest BCUT2D eigenvalue weighted by molar-refractivity contribution is -0.137. The molecule has 1 amide bonds. The molecule has 1 atom stereocenters. The lowest BCUT2D eigenvalue weighted by Crippen LogP contribution is -2.30. The van der Waals surface area contributed by atoms with Gasteiger partial charge in [0.05, 0.1) is 12.5 Å². The van der Waals surface area contributed by atoms with E-state index < -0.39 is 17.9 Å². The molecule has 6 heteroatoms. The van der Waals surface area contributed by atoms with Crippen LogP contribution in [-0.4, -0.2) is 22.0 Å². The van der Waals surface area contributed by atoms with E-state index in [2.05, 4.69) is 10.3 Å². The number of pyridine rings is 1. The Balaban J connectivity index is 2.23. The molecule has 2 aromatic rings. The molecule has 2 rings (SSSR count). The topological polar surface area (TPSA) is 79.3 Å². The lowest BCUT2D eigenvalue weighted by atomic mass is 10.0. The van der Waals surface area contributed by atoms with Crippen molar-refractivity contribution in [2.24, 2.45) is 0 Å². The van der Waals surface area contributed by atoms with Crippen LogP contribution in [0.2, 0.25) is 5.02 Å². The average Bonchev–Trinajstić information content (AvgIpc) is 2.47. The zero-order chi connectivity index (χ0) is 15.2. The van der Waals surface area contributed by atoms with E-state index in [9.17, 15) is 9.59 Å². The number of halogens is 1. The maximum absolute atomic E-state index is 12.1. The highest BCUT2D eigenvalue weighted by Gasteiger charge is 2.21. The molecular formula is C15H13ClN2O3. The molecule has 0 aliphatic rings. The Kier molecular flexibility index (Phi) is 4.90. The number of aromatic nitrogens is 1. The van der Waals surface area contributed by atoms with Crippen LogP contribution in [-0.2, 0) is 4.79 Å². The van der Waals surface area contributed by atoms with E-state index in [0.29, 0.717) is 10.6 Å². The van der Waals surface area contributed by atoms with Crippen LogP contribution in [0.3, 0.4) is 0 Å². The zero-order valence-electron chi connectivity index (χ0n) is 11.0. The Bertz CT molecular complexity index is 646. The number of rotatable bonds is 5. The van der Waals surface area contributed by atoms with Gasteiger partial charge in [-0.1, -0.05) is 35.9 Å². The normalized spacial score (nSPS) is 11.7. The molecule has 0 fully saturated rings. The molecule has 108 valence electrons. The third kappa shape index (κ3) is 4.03. The zero-order valence-corrected chi connectivity index (χ0v) is 11.7.